The van der Waals surface area contributed by atoms with E-state index < -0.39 is 12.0 Å². The number of aliphatic carboxylic acids is 1. The average molecular weight is 488 g/mol. The predicted molar refractivity (Wildman–Crippen MR) is 133 cm³/mol. The Morgan fingerprint density at radius 1 is 1.24 bits per heavy atom. The lowest BCUT2D eigenvalue weighted by Crippen LogP contribution is -2.43. The quantitative estimate of drug-likeness (QED) is 0.506. The van der Waals surface area contributed by atoms with Gasteiger partial charge in [-0.05, 0) is 93.4 Å². The van der Waals surface area contributed by atoms with Crippen molar-refractivity contribution in [2.24, 2.45) is 11.8 Å². The van der Waals surface area contributed by atoms with Crippen LogP contribution in [0.3, 0.4) is 0 Å². The summed E-state index contributed by atoms with van der Waals surface area (Å²) in [6.45, 7) is 4.66. The van der Waals surface area contributed by atoms with Gasteiger partial charge >= 0.3 is 5.97 Å². The molecule has 34 heavy (non-hydrogen) atoms. The van der Waals surface area contributed by atoms with E-state index in [1.54, 1.807) is 16.7 Å². The van der Waals surface area contributed by atoms with Crippen molar-refractivity contribution in [2.75, 3.05) is 18.1 Å². The number of phenolic OH excluding ortho intramolecular Hbond substituents is 1. The van der Waals surface area contributed by atoms with Crippen LogP contribution in [0.4, 0.5) is 0 Å². The van der Waals surface area contributed by atoms with Crippen molar-refractivity contribution >= 4 is 23.6 Å². The zero-order valence-electron chi connectivity index (χ0n) is 20.3. The molecule has 2 N–H and O–H groups in total. The van der Waals surface area contributed by atoms with Crippen LogP contribution >= 0.6 is 11.8 Å². The summed E-state index contributed by atoms with van der Waals surface area (Å²) in [5.74, 6) is 3.72. The van der Waals surface area contributed by atoms with E-state index >= 15 is 0 Å². The molecule has 4 aliphatic rings. The molecule has 2 heterocycles. The summed E-state index contributed by atoms with van der Waals surface area (Å²) >= 11 is 1.78. The van der Waals surface area contributed by atoms with Crippen LogP contribution in [-0.4, -0.2) is 57.2 Å². The maximum atomic E-state index is 12.7. The van der Waals surface area contributed by atoms with Gasteiger partial charge < -0.3 is 19.8 Å². The number of likely N-dealkylation sites (tertiary alicyclic amines) is 1. The minimum atomic E-state index is -0.887. The summed E-state index contributed by atoms with van der Waals surface area (Å²) in [6, 6.07) is 1.32. The number of carbonyl (C=O) groups is 2. The lowest BCUT2D eigenvalue weighted by Gasteiger charge is -2.35. The summed E-state index contributed by atoms with van der Waals surface area (Å²) in [4.78, 5) is 25.6. The van der Waals surface area contributed by atoms with Crippen molar-refractivity contribution in [2.45, 2.75) is 89.2 Å². The van der Waals surface area contributed by atoms with Crippen LogP contribution in [0.15, 0.2) is 6.07 Å². The lowest BCUT2D eigenvalue weighted by molar-refractivity contribution is -0.149. The Kier molecular flexibility index (Phi) is 6.75. The minimum Gasteiger partial charge on any atom is -0.508 e. The number of carbonyl (C=O) groups excluding carboxylic acids is 1. The highest BCUT2D eigenvalue weighted by molar-refractivity contribution is 7.99. The minimum absolute atomic E-state index is 0.0237. The Hall–Kier alpha value is -1.89. The standard InChI is InChI=1S/C27H37NO5S/c1-15(26(30)28-9-3-6-21(28)27(31)32)14-34-10-4-5-17-11-20-13-22(29)23-18-7-8-19(12-18)24(23)25(20)33-16(17)2/h13,15-19,21,29H,3-12,14H2,1-2H3,(H,31,32). The first-order valence-corrected chi connectivity index (χ1v) is 14.2. The molecule has 2 aliphatic heterocycles. The fourth-order valence-corrected chi connectivity index (χ4v) is 7.82. The molecule has 1 saturated heterocycles. The van der Waals surface area contributed by atoms with Crippen LogP contribution in [0.2, 0.25) is 0 Å². The molecule has 0 spiro atoms. The van der Waals surface area contributed by atoms with Crippen LogP contribution in [0, 0.1) is 11.8 Å². The molecule has 1 aromatic rings. The van der Waals surface area contributed by atoms with Crippen LogP contribution < -0.4 is 4.74 Å². The summed E-state index contributed by atoms with van der Waals surface area (Å²) in [6.07, 6.45) is 8.18. The van der Waals surface area contributed by atoms with Crippen LogP contribution in [0.5, 0.6) is 11.5 Å². The van der Waals surface area contributed by atoms with Gasteiger partial charge in [0.15, 0.2) is 0 Å². The number of thioether (sulfide) groups is 1. The largest absolute Gasteiger partial charge is 0.508 e. The number of nitrogens with zero attached hydrogens (tertiary/aromatic N) is 1. The number of carboxylic acids is 1. The zero-order chi connectivity index (χ0) is 24.0. The summed E-state index contributed by atoms with van der Waals surface area (Å²) in [7, 11) is 0. The Morgan fingerprint density at radius 2 is 2.00 bits per heavy atom. The highest BCUT2D eigenvalue weighted by Gasteiger charge is 2.43. The van der Waals surface area contributed by atoms with Gasteiger partial charge in [0, 0.05) is 29.3 Å². The van der Waals surface area contributed by atoms with Crippen molar-refractivity contribution in [3.63, 3.8) is 0 Å². The Balaban J connectivity index is 1.10. The molecule has 6 unspecified atom stereocenters. The number of fused-ring (bicyclic) bond motifs is 7. The van der Waals surface area contributed by atoms with Gasteiger partial charge in [0.05, 0.1) is 6.10 Å². The second kappa shape index (κ2) is 9.63. The second-order valence-electron chi connectivity index (χ2n) is 10.9. The van der Waals surface area contributed by atoms with Crippen molar-refractivity contribution < 1.29 is 24.5 Å². The molecule has 1 amide bonds. The summed E-state index contributed by atoms with van der Waals surface area (Å²) in [5, 5.41) is 20.0. The molecule has 6 nitrogen and oxygen atoms in total. The maximum Gasteiger partial charge on any atom is 0.326 e. The highest BCUT2D eigenvalue weighted by Crippen LogP contribution is 2.60. The number of carboxylic acid groups (broad SMARTS) is 1. The van der Waals surface area contributed by atoms with E-state index in [2.05, 4.69) is 6.92 Å². The predicted octanol–water partition coefficient (Wildman–Crippen LogP) is 4.92. The molecule has 1 saturated carbocycles. The van der Waals surface area contributed by atoms with Crippen LogP contribution in [0.1, 0.15) is 87.3 Å². The van der Waals surface area contributed by atoms with Crippen molar-refractivity contribution in [1.82, 2.24) is 4.90 Å². The topological polar surface area (TPSA) is 87.1 Å². The number of amides is 1. The van der Waals surface area contributed by atoms with Crippen molar-refractivity contribution in [1.29, 1.82) is 0 Å². The zero-order valence-corrected chi connectivity index (χ0v) is 21.1. The summed E-state index contributed by atoms with van der Waals surface area (Å²) in [5.41, 5.74) is 3.66. The number of ether oxygens (including phenoxy) is 1. The number of hydrogen-bond donors (Lipinski definition) is 2. The number of aromatic hydroxyl groups is 1. The molecule has 2 fully saturated rings. The number of phenols is 1. The van der Waals surface area contributed by atoms with Crippen molar-refractivity contribution in [3.05, 3.63) is 22.8 Å². The molecular formula is C27H37NO5S. The smallest absolute Gasteiger partial charge is 0.326 e. The molecule has 1 aromatic carbocycles. The first-order valence-electron chi connectivity index (χ1n) is 13.0. The first kappa shape index (κ1) is 23.8. The number of benzene rings is 1. The van der Waals surface area contributed by atoms with E-state index in [9.17, 15) is 19.8 Å². The van der Waals surface area contributed by atoms with Crippen LogP contribution in [0.25, 0.3) is 0 Å². The van der Waals surface area contributed by atoms with Gasteiger partial charge in [-0.3, -0.25) is 4.79 Å². The third-order valence-electron chi connectivity index (χ3n) is 8.59. The van der Waals surface area contributed by atoms with E-state index in [-0.39, 0.29) is 17.9 Å². The average Bonchev–Trinajstić information content (AvgIpc) is 3.55. The molecule has 0 radical (unpaired) electrons. The van der Waals surface area contributed by atoms with E-state index in [1.165, 1.54) is 36.0 Å². The van der Waals surface area contributed by atoms with Gasteiger partial charge in [0.2, 0.25) is 5.91 Å². The van der Waals surface area contributed by atoms with E-state index in [4.69, 9.17) is 4.74 Å². The first-order chi connectivity index (χ1) is 16.3. The monoisotopic (exact) mass is 487 g/mol. The second-order valence-corrected chi connectivity index (χ2v) is 12.0. The van der Waals surface area contributed by atoms with E-state index in [1.807, 2.05) is 13.0 Å². The van der Waals surface area contributed by atoms with Gasteiger partial charge in [0.25, 0.3) is 0 Å². The van der Waals surface area contributed by atoms with E-state index in [0.29, 0.717) is 36.5 Å². The van der Waals surface area contributed by atoms with Gasteiger partial charge in [-0.1, -0.05) is 6.92 Å². The van der Waals surface area contributed by atoms with Gasteiger partial charge in [-0.2, -0.15) is 11.8 Å². The number of hydrogen-bond acceptors (Lipinski definition) is 5. The molecular weight excluding hydrogens is 450 g/mol. The Labute approximate surface area is 206 Å². The third-order valence-corrected chi connectivity index (χ3v) is 9.90. The Morgan fingerprint density at radius 3 is 2.76 bits per heavy atom. The molecule has 2 bridgehead atoms. The van der Waals surface area contributed by atoms with Crippen LogP contribution in [-0.2, 0) is 16.0 Å². The fourth-order valence-electron chi connectivity index (χ4n) is 6.79. The Bertz CT molecular complexity index is 965. The van der Waals surface area contributed by atoms with Crippen molar-refractivity contribution in [3.8, 4) is 11.5 Å². The molecule has 7 heteroatoms. The molecule has 6 atom stereocenters. The SMILES string of the molecule is CC(CSCCCC1Cc2cc(O)c3c(c2OC1C)C1CCC3C1)C(=O)N1CCCC1C(=O)O. The maximum absolute atomic E-state index is 12.7. The normalized spacial score (nSPS) is 30.1. The molecule has 5 rings (SSSR count). The van der Waals surface area contributed by atoms with E-state index in [0.717, 1.165) is 42.9 Å². The van der Waals surface area contributed by atoms with Gasteiger partial charge in [-0.25, -0.2) is 4.79 Å². The lowest BCUT2D eigenvalue weighted by atomic mass is 9.82. The summed E-state index contributed by atoms with van der Waals surface area (Å²) < 4.78 is 6.49. The van der Waals surface area contributed by atoms with Gasteiger partial charge in [-0.15, -0.1) is 0 Å². The molecule has 2 aliphatic carbocycles. The number of rotatable bonds is 8. The third kappa shape index (κ3) is 4.29. The molecule has 0 aromatic heterocycles. The highest BCUT2D eigenvalue weighted by atomic mass is 32.2. The van der Waals surface area contributed by atoms with Gasteiger partial charge in [0.1, 0.15) is 17.5 Å². The fraction of sp³-hybridized carbons (Fsp3) is 0.704. The molecule has 186 valence electrons.